The second-order valence-corrected chi connectivity index (χ2v) is 3.60. The van der Waals surface area contributed by atoms with E-state index >= 15 is 0 Å². The van der Waals surface area contributed by atoms with Crippen LogP contribution in [0.15, 0.2) is 12.4 Å². The highest BCUT2D eigenvalue weighted by atomic mass is 14.9. The molecule has 3 nitrogen and oxygen atoms in total. The van der Waals surface area contributed by atoms with E-state index in [1.54, 1.807) is 0 Å². The lowest BCUT2D eigenvalue weighted by Gasteiger charge is -1.99. The van der Waals surface area contributed by atoms with Crippen LogP contribution in [0.25, 0.3) is 0 Å². The average molecular weight is 177 g/mol. The van der Waals surface area contributed by atoms with Crippen LogP contribution in [0.4, 0.5) is 0 Å². The Kier molecular flexibility index (Phi) is 2.54. The molecule has 1 aliphatic carbocycles. The van der Waals surface area contributed by atoms with Crippen LogP contribution < -0.4 is 5.73 Å². The van der Waals surface area contributed by atoms with Gasteiger partial charge in [-0.1, -0.05) is 0 Å². The number of aromatic nitrogens is 2. The summed E-state index contributed by atoms with van der Waals surface area (Å²) in [7, 11) is 0. The smallest absolute Gasteiger partial charge is 0.128 e. The van der Waals surface area contributed by atoms with E-state index in [1.807, 2.05) is 12.4 Å². The van der Waals surface area contributed by atoms with E-state index in [0.717, 1.165) is 24.6 Å². The second kappa shape index (κ2) is 3.83. The van der Waals surface area contributed by atoms with Gasteiger partial charge in [0.05, 0.1) is 0 Å². The molecule has 0 spiro atoms. The summed E-state index contributed by atoms with van der Waals surface area (Å²) in [5.74, 6) is 1.68. The lowest BCUT2D eigenvalue weighted by molar-refractivity contribution is 0.776. The maximum Gasteiger partial charge on any atom is 0.128 e. The van der Waals surface area contributed by atoms with Crippen LogP contribution in [-0.4, -0.2) is 16.5 Å². The SMILES string of the molecule is NCCCc1ncc(C2CC2)cn1. The quantitative estimate of drug-likeness (QED) is 0.753. The van der Waals surface area contributed by atoms with Crippen LogP contribution in [0.5, 0.6) is 0 Å². The number of hydrogen-bond acceptors (Lipinski definition) is 3. The first-order chi connectivity index (χ1) is 6.40. The molecule has 3 heteroatoms. The summed E-state index contributed by atoms with van der Waals surface area (Å²) in [6.45, 7) is 0.716. The summed E-state index contributed by atoms with van der Waals surface area (Å²) in [6.07, 6.45) is 8.44. The molecule has 0 unspecified atom stereocenters. The fraction of sp³-hybridized carbons (Fsp3) is 0.600. The summed E-state index contributed by atoms with van der Waals surface area (Å²) in [4.78, 5) is 8.62. The molecule has 1 heterocycles. The Morgan fingerprint density at radius 2 is 2.00 bits per heavy atom. The van der Waals surface area contributed by atoms with Gasteiger partial charge in [0.25, 0.3) is 0 Å². The Morgan fingerprint density at radius 1 is 1.31 bits per heavy atom. The third-order valence-electron chi connectivity index (χ3n) is 2.38. The van der Waals surface area contributed by atoms with Gasteiger partial charge in [-0.25, -0.2) is 9.97 Å². The molecule has 0 saturated heterocycles. The molecular weight excluding hydrogens is 162 g/mol. The number of hydrogen-bond donors (Lipinski definition) is 1. The van der Waals surface area contributed by atoms with E-state index in [0.29, 0.717) is 6.54 Å². The monoisotopic (exact) mass is 177 g/mol. The molecule has 2 N–H and O–H groups in total. The molecule has 0 bridgehead atoms. The zero-order valence-electron chi connectivity index (χ0n) is 7.74. The molecule has 0 radical (unpaired) electrons. The van der Waals surface area contributed by atoms with Crippen molar-refractivity contribution in [2.24, 2.45) is 5.73 Å². The zero-order valence-corrected chi connectivity index (χ0v) is 7.74. The van der Waals surface area contributed by atoms with Crippen molar-refractivity contribution in [3.05, 3.63) is 23.8 Å². The number of rotatable bonds is 4. The molecule has 0 amide bonds. The number of nitrogens with zero attached hydrogens (tertiary/aromatic N) is 2. The van der Waals surface area contributed by atoms with Gasteiger partial charge < -0.3 is 5.73 Å². The fourth-order valence-corrected chi connectivity index (χ4v) is 1.38. The third kappa shape index (κ3) is 2.25. The normalized spacial score (nSPS) is 16.1. The molecule has 1 saturated carbocycles. The highest BCUT2D eigenvalue weighted by Crippen LogP contribution is 2.39. The van der Waals surface area contributed by atoms with Crippen LogP contribution in [0.2, 0.25) is 0 Å². The summed E-state index contributed by atoms with van der Waals surface area (Å²) < 4.78 is 0. The molecule has 1 aliphatic rings. The molecule has 0 aromatic carbocycles. The molecule has 0 aliphatic heterocycles. The molecule has 1 fully saturated rings. The first-order valence-electron chi connectivity index (χ1n) is 4.91. The maximum atomic E-state index is 5.41. The van der Waals surface area contributed by atoms with Gasteiger partial charge in [-0.3, -0.25) is 0 Å². The van der Waals surface area contributed by atoms with Gasteiger partial charge in [0, 0.05) is 18.8 Å². The lowest BCUT2D eigenvalue weighted by atomic mass is 10.2. The van der Waals surface area contributed by atoms with Gasteiger partial charge in [0.1, 0.15) is 5.82 Å². The largest absolute Gasteiger partial charge is 0.330 e. The van der Waals surface area contributed by atoms with Crippen molar-refractivity contribution in [3.8, 4) is 0 Å². The van der Waals surface area contributed by atoms with E-state index in [1.165, 1.54) is 18.4 Å². The molecule has 1 aromatic heterocycles. The van der Waals surface area contributed by atoms with Crippen LogP contribution >= 0.6 is 0 Å². The topological polar surface area (TPSA) is 51.8 Å². The van der Waals surface area contributed by atoms with Gasteiger partial charge in [-0.2, -0.15) is 0 Å². The van der Waals surface area contributed by atoms with Crippen LogP contribution in [-0.2, 0) is 6.42 Å². The van der Waals surface area contributed by atoms with E-state index < -0.39 is 0 Å². The molecule has 2 rings (SSSR count). The van der Waals surface area contributed by atoms with Gasteiger partial charge in [0.2, 0.25) is 0 Å². The minimum Gasteiger partial charge on any atom is -0.330 e. The van der Waals surface area contributed by atoms with Gasteiger partial charge in [0.15, 0.2) is 0 Å². The Labute approximate surface area is 78.4 Å². The van der Waals surface area contributed by atoms with Gasteiger partial charge in [-0.05, 0) is 37.3 Å². The van der Waals surface area contributed by atoms with Crippen molar-refractivity contribution in [3.63, 3.8) is 0 Å². The zero-order chi connectivity index (χ0) is 9.10. The van der Waals surface area contributed by atoms with E-state index in [9.17, 15) is 0 Å². The number of aryl methyl sites for hydroxylation is 1. The van der Waals surface area contributed by atoms with E-state index in [-0.39, 0.29) is 0 Å². The van der Waals surface area contributed by atoms with Gasteiger partial charge in [-0.15, -0.1) is 0 Å². The number of nitrogens with two attached hydrogens (primary N) is 1. The third-order valence-corrected chi connectivity index (χ3v) is 2.38. The Hall–Kier alpha value is -0.960. The average Bonchev–Trinajstić information content (AvgIpc) is 2.99. The lowest BCUT2D eigenvalue weighted by Crippen LogP contribution is -2.03. The fourth-order valence-electron chi connectivity index (χ4n) is 1.38. The second-order valence-electron chi connectivity index (χ2n) is 3.60. The molecule has 70 valence electrons. The highest BCUT2D eigenvalue weighted by Gasteiger charge is 2.23. The van der Waals surface area contributed by atoms with Crippen molar-refractivity contribution in [2.45, 2.75) is 31.6 Å². The summed E-state index contributed by atoms with van der Waals surface area (Å²) >= 11 is 0. The van der Waals surface area contributed by atoms with Crippen molar-refractivity contribution >= 4 is 0 Å². The molecule has 1 aromatic rings. The Morgan fingerprint density at radius 3 is 2.54 bits per heavy atom. The first-order valence-corrected chi connectivity index (χ1v) is 4.91. The van der Waals surface area contributed by atoms with Crippen LogP contribution in [0, 0.1) is 0 Å². The molecule has 13 heavy (non-hydrogen) atoms. The van der Waals surface area contributed by atoms with Gasteiger partial charge >= 0.3 is 0 Å². The predicted molar refractivity (Wildman–Crippen MR) is 51.4 cm³/mol. The van der Waals surface area contributed by atoms with Crippen molar-refractivity contribution in [2.75, 3.05) is 6.54 Å². The predicted octanol–water partition coefficient (Wildman–Crippen LogP) is 1.25. The van der Waals surface area contributed by atoms with Crippen LogP contribution in [0.3, 0.4) is 0 Å². The minimum absolute atomic E-state index is 0.716. The summed E-state index contributed by atoms with van der Waals surface area (Å²) in [5, 5.41) is 0. The minimum atomic E-state index is 0.716. The van der Waals surface area contributed by atoms with Crippen molar-refractivity contribution < 1.29 is 0 Å². The summed E-state index contributed by atoms with van der Waals surface area (Å²) in [6, 6.07) is 0. The maximum absolute atomic E-state index is 5.41. The standard InChI is InChI=1S/C10H15N3/c11-5-1-2-10-12-6-9(7-13-10)8-3-4-8/h6-8H,1-5,11H2. The Balaban J connectivity index is 1.96. The van der Waals surface area contributed by atoms with Crippen molar-refractivity contribution in [1.82, 2.24) is 9.97 Å². The highest BCUT2D eigenvalue weighted by molar-refractivity contribution is 5.16. The van der Waals surface area contributed by atoms with E-state index in [4.69, 9.17) is 5.73 Å². The van der Waals surface area contributed by atoms with Crippen LogP contribution in [0.1, 0.15) is 36.6 Å². The summed E-state index contributed by atoms with van der Waals surface area (Å²) in [5.41, 5.74) is 6.71. The molecular formula is C10H15N3. The van der Waals surface area contributed by atoms with E-state index in [2.05, 4.69) is 9.97 Å². The first kappa shape index (κ1) is 8.63. The molecule has 0 atom stereocenters. The Bertz CT molecular complexity index is 264. The van der Waals surface area contributed by atoms with Crippen molar-refractivity contribution in [1.29, 1.82) is 0 Å².